The van der Waals surface area contributed by atoms with Gasteiger partial charge in [-0.05, 0) is 19.4 Å². The quantitative estimate of drug-likeness (QED) is 0.723. The molecule has 0 aliphatic carbocycles. The zero-order valence-electron chi connectivity index (χ0n) is 9.82. The van der Waals surface area contributed by atoms with Gasteiger partial charge in [-0.2, -0.15) is 13.2 Å². The molecule has 2 rings (SSSR count). The molecule has 0 aromatic rings. The summed E-state index contributed by atoms with van der Waals surface area (Å²) in [6.07, 6.45) is -2.62. The zero-order valence-corrected chi connectivity index (χ0v) is 9.82. The van der Waals surface area contributed by atoms with Crippen LogP contribution in [0.25, 0.3) is 0 Å². The summed E-state index contributed by atoms with van der Waals surface area (Å²) in [5.74, 6) is -2.76. The fraction of sp³-hybridized carbons (Fsp3) is 0.900. The number of aliphatic carboxylic acids is 1. The van der Waals surface area contributed by atoms with Gasteiger partial charge in [0.1, 0.15) is 0 Å². The first-order valence-corrected chi connectivity index (χ1v) is 5.68. The summed E-state index contributed by atoms with van der Waals surface area (Å²) in [6.45, 7) is 4.15. The van der Waals surface area contributed by atoms with Crippen LogP contribution >= 0.6 is 0 Å². The molecule has 0 amide bonds. The third kappa shape index (κ3) is 4.79. The second-order valence-corrected chi connectivity index (χ2v) is 4.39. The number of nitrogens with two attached hydrogens (primary N) is 1. The second kappa shape index (κ2) is 6.35. The maximum absolute atomic E-state index is 10.6. The van der Waals surface area contributed by atoms with E-state index in [4.69, 9.17) is 20.4 Å². The normalized spacial score (nSPS) is 25.9. The highest BCUT2D eigenvalue weighted by Crippen LogP contribution is 2.16. The van der Waals surface area contributed by atoms with Gasteiger partial charge in [-0.25, -0.2) is 4.79 Å². The molecule has 18 heavy (non-hydrogen) atoms. The Bertz CT molecular complexity index is 282. The van der Waals surface area contributed by atoms with E-state index in [0.717, 1.165) is 19.8 Å². The van der Waals surface area contributed by atoms with Crippen molar-refractivity contribution in [3.63, 3.8) is 0 Å². The van der Waals surface area contributed by atoms with Crippen LogP contribution in [0.5, 0.6) is 0 Å². The molecule has 0 spiro atoms. The van der Waals surface area contributed by atoms with E-state index >= 15 is 0 Å². The highest BCUT2D eigenvalue weighted by molar-refractivity contribution is 5.73. The molecule has 5 nitrogen and oxygen atoms in total. The summed E-state index contributed by atoms with van der Waals surface area (Å²) in [4.78, 5) is 11.4. The van der Waals surface area contributed by atoms with Crippen molar-refractivity contribution < 1.29 is 27.8 Å². The molecule has 2 aliphatic heterocycles. The van der Waals surface area contributed by atoms with Gasteiger partial charge in [0.15, 0.2) is 0 Å². The van der Waals surface area contributed by atoms with Gasteiger partial charge < -0.3 is 15.6 Å². The van der Waals surface area contributed by atoms with Crippen LogP contribution in [-0.4, -0.2) is 60.5 Å². The van der Waals surface area contributed by atoms with Gasteiger partial charge >= 0.3 is 12.1 Å². The summed E-state index contributed by atoms with van der Waals surface area (Å²) < 4.78 is 36.9. The Morgan fingerprint density at radius 2 is 1.94 bits per heavy atom. The van der Waals surface area contributed by atoms with Crippen LogP contribution in [0, 0.1) is 0 Å². The number of hydrogen-bond acceptors (Lipinski definition) is 4. The molecule has 0 unspecified atom stereocenters. The number of ether oxygens (including phenoxy) is 1. The van der Waals surface area contributed by atoms with E-state index in [-0.39, 0.29) is 0 Å². The third-order valence-corrected chi connectivity index (χ3v) is 2.87. The Kier molecular flexibility index (Phi) is 5.36. The number of likely N-dealkylation sites (tertiary alicyclic amines) is 1. The van der Waals surface area contributed by atoms with Gasteiger partial charge in [0.05, 0.1) is 19.3 Å². The summed E-state index contributed by atoms with van der Waals surface area (Å²) in [6, 6.07) is 1.09. The number of hydrogen-bond donors (Lipinski definition) is 2. The molecule has 0 saturated carbocycles. The number of rotatable bonds is 1. The molecule has 2 fully saturated rings. The van der Waals surface area contributed by atoms with Crippen molar-refractivity contribution in [2.75, 3.05) is 26.3 Å². The lowest BCUT2D eigenvalue weighted by Crippen LogP contribution is -2.55. The number of alkyl halides is 3. The minimum absolute atomic E-state index is 0.407. The maximum Gasteiger partial charge on any atom is 0.490 e. The number of carboxylic acid groups (broad SMARTS) is 1. The topological polar surface area (TPSA) is 75.8 Å². The molecule has 3 N–H and O–H groups in total. The predicted octanol–water partition coefficient (Wildman–Crippen LogP) is 0.442. The Hall–Kier alpha value is -0.860. The first kappa shape index (κ1) is 15.2. The second-order valence-electron chi connectivity index (χ2n) is 4.39. The molecule has 2 aliphatic rings. The van der Waals surface area contributed by atoms with Crippen LogP contribution in [0.2, 0.25) is 0 Å². The number of carboxylic acids is 1. The molecule has 106 valence electrons. The predicted molar refractivity (Wildman–Crippen MR) is 57.1 cm³/mol. The molecule has 0 bridgehead atoms. The molecular weight excluding hydrogens is 253 g/mol. The van der Waals surface area contributed by atoms with Crippen LogP contribution < -0.4 is 5.73 Å². The summed E-state index contributed by atoms with van der Waals surface area (Å²) in [5, 5.41) is 7.12. The number of carbonyl (C=O) groups is 1. The van der Waals surface area contributed by atoms with Crippen molar-refractivity contribution in [1.82, 2.24) is 4.90 Å². The summed E-state index contributed by atoms with van der Waals surface area (Å²) in [7, 11) is 0. The monoisotopic (exact) mass is 270 g/mol. The Morgan fingerprint density at radius 3 is 2.28 bits per heavy atom. The average Bonchev–Trinajstić information content (AvgIpc) is 2.14. The van der Waals surface area contributed by atoms with E-state index in [1.54, 1.807) is 0 Å². The Labute approximate surface area is 103 Å². The van der Waals surface area contributed by atoms with Crippen molar-refractivity contribution in [2.45, 2.75) is 31.1 Å². The van der Waals surface area contributed by atoms with E-state index in [0.29, 0.717) is 12.1 Å². The van der Waals surface area contributed by atoms with Crippen molar-refractivity contribution in [3.05, 3.63) is 0 Å². The molecule has 8 heteroatoms. The molecule has 0 aromatic carbocycles. The SMILES string of the molecule is N[C@@H]1CCCN(C2COC2)C1.O=C(O)C(F)(F)F. The van der Waals surface area contributed by atoms with Gasteiger partial charge in [0.2, 0.25) is 0 Å². The average molecular weight is 270 g/mol. The summed E-state index contributed by atoms with van der Waals surface area (Å²) in [5.41, 5.74) is 5.86. The minimum Gasteiger partial charge on any atom is -0.475 e. The number of nitrogens with zero attached hydrogens (tertiary/aromatic N) is 1. The largest absolute Gasteiger partial charge is 0.490 e. The Morgan fingerprint density at radius 1 is 1.39 bits per heavy atom. The van der Waals surface area contributed by atoms with E-state index in [9.17, 15) is 13.2 Å². The van der Waals surface area contributed by atoms with Gasteiger partial charge in [-0.15, -0.1) is 0 Å². The van der Waals surface area contributed by atoms with E-state index in [1.807, 2.05) is 0 Å². The lowest BCUT2D eigenvalue weighted by molar-refractivity contribution is -0.192. The van der Waals surface area contributed by atoms with E-state index < -0.39 is 12.1 Å². The molecule has 0 aromatic heterocycles. The number of halogens is 3. The first-order valence-electron chi connectivity index (χ1n) is 5.68. The van der Waals surface area contributed by atoms with Crippen LogP contribution in [0.4, 0.5) is 13.2 Å². The van der Waals surface area contributed by atoms with Crippen LogP contribution in [0.15, 0.2) is 0 Å². The lowest BCUT2D eigenvalue weighted by Gasteiger charge is -2.41. The van der Waals surface area contributed by atoms with Crippen molar-refractivity contribution in [2.24, 2.45) is 5.73 Å². The highest BCUT2D eigenvalue weighted by atomic mass is 19.4. The van der Waals surface area contributed by atoms with Crippen molar-refractivity contribution >= 4 is 5.97 Å². The number of piperidine rings is 1. The van der Waals surface area contributed by atoms with Crippen LogP contribution in [0.3, 0.4) is 0 Å². The molecule has 2 saturated heterocycles. The highest BCUT2D eigenvalue weighted by Gasteiger charge is 2.38. The van der Waals surface area contributed by atoms with E-state index in [2.05, 4.69) is 4.90 Å². The fourth-order valence-electron chi connectivity index (χ4n) is 1.81. The summed E-state index contributed by atoms with van der Waals surface area (Å²) >= 11 is 0. The van der Waals surface area contributed by atoms with E-state index in [1.165, 1.54) is 19.4 Å². The van der Waals surface area contributed by atoms with Crippen molar-refractivity contribution in [3.8, 4) is 0 Å². The maximum atomic E-state index is 10.6. The molecule has 0 radical (unpaired) electrons. The fourth-order valence-corrected chi connectivity index (χ4v) is 1.81. The van der Waals surface area contributed by atoms with Gasteiger partial charge in [-0.3, -0.25) is 4.90 Å². The van der Waals surface area contributed by atoms with Crippen molar-refractivity contribution in [1.29, 1.82) is 0 Å². The molecular formula is C10H17F3N2O3. The zero-order chi connectivity index (χ0) is 13.8. The molecule has 1 atom stereocenters. The van der Waals surface area contributed by atoms with Crippen LogP contribution in [-0.2, 0) is 9.53 Å². The van der Waals surface area contributed by atoms with Crippen LogP contribution in [0.1, 0.15) is 12.8 Å². The smallest absolute Gasteiger partial charge is 0.475 e. The third-order valence-electron chi connectivity index (χ3n) is 2.87. The van der Waals surface area contributed by atoms with Gasteiger partial charge in [0.25, 0.3) is 0 Å². The van der Waals surface area contributed by atoms with Gasteiger partial charge in [-0.1, -0.05) is 0 Å². The lowest BCUT2D eigenvalue weighted by atomic mass is 10.0. The first-order chi connectivity index (χ1) is 8.30. The van der Waals surface area contributed by atoms with Gasteiger partial charge in [0, 0.05) is 12.6 Å². The Balaban J connectivity index is 0.000000203. The molecule has 2 heterocycles. The standard InChI is InChI=1S/C8H16N2O.C2HF3O2/c9-7-2-1-3-10(4-7)8-5-11-6-8;3-2(4,5)1(6)7/h7-8H,1-6,9H2;(H,6,7)/t7-;/m1./s1. The minimum atomic E-state index is -5.08.